The summed E-state index contributed by atoms with van der Waals surface area (Å²) in [5.41, 5.74) is 0. The van der Waals surface area contributed by atoms with Gasteiger partial charge in [-0.3, -0.25) is 4.79 Å². The molecule has 0 aromatic heterocycles. The summed E-state index contributed by atoms with van der Waals surface area (Å²) in [6.07, 6.45) is 5.67. The fourth-order valence-corrected chi connectivity index (χ4v) is 4.72. The molecule has 0 radical (unpaired) electrons. The Kier molecular flexibility index (Phi) is 17.6. The first-order chi connectivity index (χ1) is 20.2. The molecule has 0 aromatic rings. The summed E-state index contributed by atoms with van der Waals surface area (Å²) in [5, 5.41) is 70.4. The van der Waals surface area contributed by atoms with E-state index in [9.17, 15) is 40.5 Å². The van der Waals surface area contributed by atoms with Crippen molar-refractivity contribution in [2.24, 2.45) is 0 Å². The van der Waals surface area contributed by atoms with Crippen LogP contribution in [0.1, 0.15) is 71.1 Å². The van der Waals surface area contributed by atoms with Crippen LogP contribution < -0.4 is 0 Å². The largest absolute Gasteiger partial charge is 0.456 e. The normalized spacial score (nSPS) is 34.1. The molecule has 12 heteroatoms. The summed E-state index contributed by atoms with van der Waals surface area (Å²) in [5.74, 6) is -0.649. The molecule has 0 bridgehead atoms. The molecular formula is C30H50O12. The van der Waals surface area contributed by atoms with Gasteiger partial charge in [0, 0.05) is 6.42 Å². The number of carbonyl (C=O) groups excluding carboxylic acids is 1. The van der Waals surface area contributed by atoms with Crippen molar-refractivity contribution < 1.29 is 59.5 Å². The Morgan fingerprint density at radius 3 is 1.86 bits per heavy atom. The number of unbranched alkanes of at least 4 members (excludes halogenated alkanes) is 5. The van der Waals surface area contributed by atoms with E-state index in [0.29, 0.717) is 6.42 Å². The van der Waals surface area contributed by atoms with Crippen molar-refractivity contribution >= 4 is 5.97 Å². The van der Waals surface area contributed by atoms with E-state index in [1.54, 1.807) is 0 Å². The number of carbonyl (C=O) groups is 1. The average molecular weight is 603 g/mol. The van der Waals surface area contributed by atoms with Gasteiger partial charge in [0.15, 0.2) is 18.7 Å². The summed E-state index contributed by atoms with van der Waals surface area (Å²) in [7, 11) is 0. The fourth-order valence-electron chi connectivity index (χ4n) is 4.72. The number of aliphatic hydroxyl groups is 7. The maximum absolute atomic E-state index is 12.5. The summed E-state index contributed by atoms with van der Waals surface area (Å²) in [6.45, 7) is 0.730. The molecule has 0 aliphatic carbocycles. The molecule has 0 unspecified atom stereocenters. The van der Waals surface area contributed by atoms with E-state index < -0.39 is 80.6 Å². The highest BCUT2D eigenvalue weighted by Gasteiger charge is 2.51. The zero-order valence-electron chi connectivity index (χ0n) is 24.4. The molecule has 7 N–H and O–H groups in total. The predicted molar refractivity (Wildman–Crippen MR) is 152 cm³/mol. The second-order valence-corrected chi connectivity index (χ2v) is 10.6. The van der Waals surface area contributed by atoms with Crippen LogP contribution in [0.2, 0.25) is 0 Å². The molecule has 2 heterocycles. The van der Waals surface area contributed by atoms with Gasteiger partial charge in [0.25, 0.3) is 0 Å². The van der Waals surface area contributed by atoms with Gasteiger partial charge in [0.05, 0.1) is 13.2 Å². The van der Waals surface area contributed by atoms with Gasteiger partial charge >= 0.3 is 5.97 Å². The lowest BCUT2D eigenvalue weighted by molar-refractivity contribution is -0.376. The number of rotatable bonds is 18. The van der Waals surface area contributed by atoms with Gasteiger partial charge in [0.2, 0.25) is 0 Å². The maximum atomic E-state index is 12.5. The third-order valence-corrected chi connectivity index (χ3v) is 7.24. The molecule has 0 spiro atoms. The number of aliphatic hydroxyl groups excluding tert-OH is 7. The van der Waals surface area contributed by atoms with Crippen LogP contribution in [0.5, 0.6) is 0 Å². The van der Waals surface area contributed by atoms with E-state index in [2.05, 4.69) is 43.4 Å². The van der Waals surface area contributed by atoms with E-state index in [1.807, 2.05) is 0 Å². The molecule has 2 aliphatic rings. The Morgan fingerprint density at radius 1 is 0.667 bits per heavy atom. The van der Waals surface area contributed by atoms with Gasteiger partial charge in [-0.05, 0) is 38.5 Å². The summed E-state index contributed by atoms with van der Waals surface area (Å²) >= 11 is 0. The van der Waals surface area contributed by atoms with Crippen molar-refractivity contribution in [1.82, 2.24) is 0 Å². The van der Waals surface area contributed by atoms with Crippen molar-refractivity contribution in [3.05, 3.63) is 36.5 Å². The molecule has 0 aromatic carbocycles. The first-order valence-corrected chi connectivity index (χ1v) is 15.0. The van der Waals surface area contributed by atoms with Crippen LogP contribution >= 0.6 is 0 Å². The highest BCUT2D eigenvalue weighted by atomic mass is 16.8. The first-order valence-electron chi connectivity index (χ1n) is 15.0. The van der Waals surface area contributed by atoms with E-state index in [0.717, 1.165) is 51.4 Å². The molecular weight excluding hydrogens is 552 g/mol. The van der Waals surface area contributed by atoms with Crippen molar-refractivity contribution in [3.8, 4) is 0 Å². The summed E-state index contributed by atoms with van der Waals surface area (Å²) in [6, 6.07) is 0. The van der Waals surface area contributed by atoms with E-state index in [1.165, 1.54) is 0 Å². The van der Waals surface area contributed by atoms with Crippen LogP contribution in [0.4, 0.5) is 0 Å². The highest BCUT2D eigenvalue weighted by Crippen LogP contribution is 2.29. The molecule has 2 saturated heterocycles. The first kappa shape index (κ1) is 36.5. The molecule has 0 saturated carbocycles. The lowest BCUT2D eigenvalue weighted by Crippen LogP contribution is -2.64. The monoisotopic (exact) mass is 602 g/mol. The van der Waals surface area contributed by atoms with Crippen LogP contribution in [-0.2, 0) is 23.7 Å². The quantitative estimate of drug-likeness (QED) is 0.0662. The topological polar surface area (TPSA) is 196 Å². The molecule has 0 amide bonds. The Labute approximate surface area is 247 Å². The SMILES string of the molecule is CCC=CCC=CCC=CCCCCCCCC(=O)O[C@@H]1[C@@H](O)[C@@H](O[C@H]2O[C@H](CO)[C@@H](O)[C@H](O)[C@H]2O)O[C@H](CO)[C@H]1O. The lowest BCUT2D eigenvalue weighted by atomic mass is 9.98. The van der Waals surface area contributed by atoms with Crippen LogP contribution in [0.3, 0.4) is 0 Å². The Hall–Kier alpha value is -1.71. The van der Waals surface area contributed by atoms with Crippen molar-refractivity contribution in [2.45, 2.75) is 133 Å². The third-order valence-electron chi connectivity index (χ3n) is 7.24. The van der Waals surface area contributed by atoms with E-state index in [-0.39, 0.29) is 6.42 Å². The smallest absolute Gasteiger partial charge is 0.306 e. The fraction of sp³-hybridized carbons (Fsp3) is 0.767. The third kappa shape index (κ3) is 11.8. The minimum absolute atomic E-state index is 0.0680. The van der Waals surface area contributed by atoms with Gasteiger partial charge in [-0.2, -0.15) is 0 Å². The minimum atomic E-state index is -1.77. The van der Waals surface area contributed by atoms with Gasteiger partial charge in [0.1, 0.15) is 42.7 Å². The van der Waals surface area contributed by atoms with Gasteiger partial charge in [-0.25, -0.2) is 0 Å². The lowest BCUT2D eigenvalue weighted by Gasteiger charge is -2.45. The van der Waals surface area contributed by atoms with E-state index >= 15 is 0 Å². The van der Waals surface area contributed by atoms with Gasteiger partial charge < -0.3 is 54.7 Å². The second-order valence-electron chi connectivity index (χ2n) is 10.6. The second kappa shape index (κ2) is 20.3. The highest BCUT2D eigenvalue weighted by molar-refractivity contribution is 5.69. The number of esters is 1. The molecule has 2 aliphatic heterocycles. The minimum Gasteiger partial charge on any atom is -0.456 e. The number of allylic oxidation sites excluding steroid dienone is 6. The summed E-state index contributed by atoms with van der Waals surface area (Å²) < 4.78 is 21.4. The number of hydrogen-bond donors (Lipinski definition) is 7. The molecule has 10 atom stereocenters. The maximum Gasteiger partial charge on any atom is 0.306 e. The van der Waals surface area contributed by atoms with Crippen molar-refractivity contribution in [3.63, 3.8) is 0 Å². The summed E-state index contributed by atoms with van der Waals surface area (Å²) in [4.78, 5) is 12.5. The molecule has 242 valence electrons. The molecule has 42 heavy (non-hydrogen) atoms. The Bertz CT molecular complexity index is 831. The van der Waals surface area contributed by atoms with Gasteiger partial charge in [-0.1, -0.05) is 62.6 Å². The van der Waals surface area contributed by atoms with Crippen LogP contribution in [-0.4, -0.2) is 116 Å². The number of hydrogen-bond acceptors (Lipinski definition) is 12. The van der Waals surface area contributed by atoms with Crippen LogP contribution in [0.25, 0.3) is 0 Å². The molecule has 2 rings (SSSR count). The zero-order chi connectivity index (χ0) is 30.9. The zero-order valence-corrected chi connectivity index (χ0v) is 24.4. The molecule has 12 nitrogen and oxygen atoms in total. The standard InChI is InChI=1S/C30H50O12/c1-2-3-4-5-6-7-8-9-10-11-12-13-14-15-16-17-22(33)41-28-24(35)21(19-32)40-30(27(28)38)42-29-26(37)25(36)23(34)20(18-31)39-29/h3-4,6-7,9-10,20-21,23-32,34-38H,2,5,8,11-19H2,1H3/t20-,21-,23-,24-,25+,26-,27-,28+,29-,30-/m1/s1. The predicted octanol–water partition coefficient (Wildman–Crippen LogP) is 0.743. The Morgan fingerprint density at radius 2 is 1.21 bits per heavy atom. The van der Waals surface area contributed by atoms with E-state index in [4.69, 9.17) is 18.9 Å². The molecule has 2 fully saturated rings. The van der Waals surface area contributed by atoms with Crippen molar-refractivity contribution in [2.75, 3.05) is 13.2 Å². The van der Waals surface area contributed by atoms with Gasteiger partial charge in [-0.15, -0.1) is 0 Å². The van der Waals surface area contributed by atoms with Crippen molar-refractivity contribution in [1.29, 1.82) is 0 Å². The van der Waals surface area contributed by atoms with Crippen LogP contribution in [0.15, 0.2) is 36.5 Å². The van der Waals surface area contributed by atoms with Crippen LogP contribution in [0, 0.1) is 0 Å². The Balaban J connectivity index is 1.72. The average Bonchev–Trinajstić information content (AvgIpc) is 2.98. The number of ether oxygens (including phenoxy) is 4.